The third-order valence-corrected chi connectivity index (χ3v) is 1.82. The zero-order chi connectivity index (χ0) is 12.8. The van der Waals surface area contributed by atoms with Gasteiger partial charge in [0.2, 0.25) is 0 Å². The van der Waals surface area contributed by atoms with Crippen LogP contribution < -0.4 is 10.6 Å². The van der Waals surface area contributed by atoms with Gasteiger partial charge < -0.3 is 5.32 Å². The first-order valence-corrected chi connectivity index (χ1v) is 5.05. The number of alkyl halides is 2. The summed E-state index contributed by atoms with van der Waals surface area (Å²) in [6.45, 7) is 1.73. The van der Waals surface area contributed by atoms with Gasteiger partial charge in [0, 0.05) is 0 Å². The maximum atomic E-state index is 12.1. The summed E-state index contributed by atoms with van der Waals surface area (Å²) in [5.41, 5.74) is 0. The molecule has 17 heavy (non-hydrogen) atoms. The molecule has 0 saturated heterocycles. The molecule has 0 spiro atoms. The third kappa shape index (κ3) is 3.93. The van der Waals surface area contributed by atoms with Crippen molar-refractivity contribution in [2.75, 3.05) is 18.7 Å². The van der Waals surface area contributed by atoms with Crippen molar-refractivity contribution in [3.63, 3.8) is 0 Å². The van der Waals surface area contributed by atoms with E-state index in [4.69, 9.17) is 0 Å². The highest BCUT2D eigenvalue weighted by Gasteiger charge is 2.13. The minimum atomic E-state index is -1.16. The van der Waals surface area contributed by atoms with Crippen LogP contribution in [0, 0.1) is 0 Å². The average Bonchev–Trinajstić information content (AvgIpc) is 2.74. The van der Waals surface area contributed by atoms with E-state index >= 15 is 0 Å². The average molecular weight is 248 g/mol. The molecule has 1 heterocycles. The molecule has 0 aliphatic carbocycles. The Balaban J connectivity index is 2.50. The van der Waals surface area contributed by atoms with Crippen LogP contribution in [0.4, 0.5) is 19.5 Å². The SMILES string of the molecule is CC(C)n1nnc(NC(=O)NC(CF)CF)n1. The topological polar surface area (TPSA) is 84.7 Å². The van der Waals surface area contributed by atoms with Gasteiger partial charge in [-0.25, -0.2) is 13.6 Å². The lowest BCUT2D eigenvalue weighted by atomic mass is 10.4. The Bertz CT molecular complexity index is 365. The molecule has 2 amide bonds. The van der Waals surface area contributed by atoms with Gasteiger partial charge in [-0.05, 0) is 19.1 Å². The number of halogens is 2. The Kier molecular flexibility index (Phi) is 4.73. The zero-order valence-corrected chi connectivity index (χ0v) is 9.52. The Hall–Kier alpha value is -1.80. The Labute approximate surface area is 96.6 Å². The monoisotopic (exact) mass is 248 g/mol. The van der Waals surface area contributed by atoms with Crippen LogP contribution in [0.1, 0.15) is 19.9 Å². The molecule has 1 aromatic rings. The molecule has 0 bridgehead atoms. The lowest BCUT2D eigenvalue weighted by Crippen LogP contribution is -2.40. The van der Waals surface area contributed by atoms with Crippen molar-refractivity contribution in [1.82, 2.24) is 25.5 Å². The predicted molar refractivity (Wildman–Crippen MR) is 56.1 cm³/mol. The van der Waals surface area contributed by atoms with Crippen LogP contribution in [-0.4, -0.2) is 45.6 Å². The fourth-order valence-corrected chi connectivity index (χ4v) is 0.935. The molecule has 0 aliphatic heterocycles. The van der Waals surface area contributed by atoms with Gasteiger partial charge in [0.25, 0.3) is 5.95 Å². The summed E-state index contributed by atoms with van der Waals surface area (Å²) in [4.78, 5) is 12.6. The first-order valence-electron chi connectivity index (χ1n) is 5.05. The largest absolute Gasteiger partial charge is 0.330 e. The maximum absolute atomic E-state index is 12.1. The molecule has 0 radical (unpaired) electrons. The van der Waals surface area contributed by atoms with Gasteiger partial charge in [-0.15, -0.1) is 5.10 Å². The van der Waals surface area contributed by atoms with Crippen molar-refractivity contribution in [3.05, 3.63) is 0 Å². The lowest BCUT2D eigenvalue weighted by Gasteiger charge is -2.10. The minimum Gasteiger partial charge on any atom is -0.330 e. The van der Waals surface area contributed by atoms with Gasteiger partial charge in [-0.1, -0.05) is 5.10 Å². The number of carbonyl (C=O) groups excluding carboxylic acids is 1. The molecule has 7 nitrogen and oxygen atoms in total. The minimum absolute atomic E-state index is 0.00513. The van der Waals surface area contributed by atoms with E-state index in [9.17, 15) is 13.6 Å². The summed E-state index contributed by atoms with van der Waals surface area (Å²) in [6, 6.07) is -1.92. The summed E-state index contributed by atoms with van der Waals surface area (Å²) in [7, 11) is 0. The molecule has 9 heteroatoms. The molecule has 1 rings (SSSR count). The normalized spacial score (nSPS) is 10.9. The Morgan fingerprint density at radius 3 is 2.53 bits per heavy atom. The number of nitrogens with zero attached hydrogens (tertiary/aromatic N) is 4. The van der Waals surface area contributed by atoms with Crippen molar-refractivity contribution in [1.29, 1.82) is 0 Å². The van der Waals surface area contributed by atoms with Crippen molar-refractivity contribution < 1.29 is 13.6 Å². The van der Waals surface area contributed by atoms with Gasteiger partial charge in [0.05, 0.1) is 12.1 Å². The van der Waals surface area contributed by atoms with Crippen LogP contribution in [0.25, 0.3) is 0 Å². The van der Waals surface area contributed by atoms with Crippen molar-refractivity contribution in [3.8, 4) is 0 Å². The second-order valence-electron chi connectivity index (χ2n) is 3.63. The van der Waals surface area contributed by atoms with Gasteiger partial charge in [0.1, 0.15) is 13.3 Å². The Morgan fingerprint density at radius 1 is 1.41 bits per heavy atom. The maximum Gasteiger partial charge on any atom is 0.322 e. The zero-order valence-electron chi connectivity index (χ0n) is 9.52. The highest BCUT2D eigenvalue weighted by Crippen LogP contribution is 2.01. The van der Waals surface area contributed by atoms with E-state index in [2.05, 4.69) is 26.0 Å². The van der Waals surface area contributed by atoms with E-state index < -0.39 is 25.4 Å². The summed E-state index contributed by atoms with van der Waals surface area (Å²) in [5.74, 6) is -0.0207. The van der Waals surface area contributed by atoms with Gasteiger partial charge in [0.15, 0.2) is 0 Å². The number of hydrogen-bond acceptors (Lipinski definition) is 4. The number of tetrazole rings is 1. The smallest absolute Gasteiger partial charge is 0.322 e. The van der Waals surface area contributed by atoms with Gasteiger partial charge in [-0.3, -0.25) is 5.32 Å². The van der Waals surface area contributed by atoms with Crippen molar-refractivity contribution in [2.24, 2.45) is 0 Å². The number of anilines is 1. The molecule has 0 atom stereocenters. The fraction of sp³-hybridized carbons (Fsp3) is 0.750. The number of rotatable bonds is 5. The predicted octanol–water partition coefficient (Wildman–Crippen LogP) is 0.683. The van der Waals surface area contributed by atoms with Crippen molar-refractivity contribution >= 4 is 12.0 Å². The van der Waals surface area contributed by atoms with E-state index in [1.165, 1.54) is 4.80 Å². The molecular formula is C8H14F2N6O. The van der Waals surface area contributed by atoms with E-state index in [0.29, 0.717) is 0 Å². The van der Waals surface area contributed by atoms with Crippen LogP contribution in [0.15, 0.2) is 0 Å². The number of carbonyl (C=O) groups is 1. The quantitative estimate of drug-likeness (QED) is 0.802. The number of urea groups is 1. The van der Waals surface area contributed by atoms with Crippen LogP contribution in [0.2, 0.25) is 0 Å². The first kappa shape index (κ1) is 13.3. The number of hydrogen-bond donors (Lipinski definition) is 2. The number of amides is 2. The van der Waals surface area contributed by atoms with E-state index in [0.717, 1.165) is 0 Å². The summed E-state index contributed by atoms with van der Waals surface area (Å²) >= 11 is 0. The molecular weight excluding hydrogens is 234 g/mol. The van der Waals surface area contributed by atoms with Gasteiger partial charge >= 0.3 is 6.03 Å². The summed E-state index contributed by atoms with van der Waals surface area (Å²) < 4.78 is 24.3. The molecule has 0 aliphatic rings. The van der Waals surface area contributed by atoms with Crippen molar-refractivity contribution in [2.45, 2.75) is 25.9 Å². The molecule has 0 aromatic carbocycles. The molecule has 0 fully saturated rings. The van der Waals surface area contributed by atoms with Gasteiger partial charge in [-0.2, -0.15) is 4.80 Å². The molecule has 2 N–H and O–H groups in total. The third-order valence-electron chi connectivity index (χ3n) is 1.82. The highest BCUT2D eigenvalue weighted by atomic mass is 19.1. The molecule has 96 valence electrons. The standard InChI is InChI=1S/C8H14F2N6O/c1-5(2)16-14-7(13-15-16)12-8(17)11-6(3-9)4-10/h5-6H,3-4H2,1-2H3,(H2,11,12,14,17). The summed E-state index contributed by atoms with van der Waals surface area (Å²) in [5, 5.41) is 15.4. The molecule has 0 saturated carbocycles. The second kappa shape index (κ2) is 6.06. The highest BCUT2D eigenvalue weighted by molar-refractivity contribution is 5.87. The number of aromatic nitrogens is 4. The number of nitrogens with one attached hydrogen (secondary N) is 2. The first-order chi connectivity index (χ1) is 8.06. The molecule has 1 aromatic heterocycles. The van der Waals surface area contributed by atoms with Crippen LogP contribution >= 0.6 is 0 Å². The van der Waals surface area contributed by atoms with E-state index in [1.54, 1.807) is 0 Å². The fourth-order valence-electron chi connectivity index (χ4n) is 0.935. The van der Waals surface area contributed by atoms with Crippen LogP contribution in [0.5, 0.6) is 0 Å². The molecule has 0 unspecified atom stereocenters. The van der Waals surface area contributed by atoms with Crippen LogP contribution in [-0.2, 0) is 0 Å². The van der Waals surface area contributed by atoms with E-state index in [-0.39, 0.29) is 12.0 Å². The Morgan fingerprint density at radius 2 is 2.06 bits per heavy atom. The van der Waals surface area contributed by atoms with E-state index in [1.807, 2.05) is 13.8 Å². The second-order valence-corrected chi connectivity index (χ2v) is 3.63. The summed E-state index contributed by atoms with van der Waals surface area (Å²) in [6.07, 6.45) is 0. The van der Waals surface area contributed by atoms with Crippen LogP contribution in [0.3, 0.4) is 0 Å². The lowest BCUT2D eigenvalue weighted by molar-refractivity contribution is 0.239.